The lowest BCUT2D eigenvalue weighted by Crippen LogP contribution is -2.41. The van der Waals surface area contributed by atoms with E-state index < -0.39 is 0 Å². The lowest BCUT2D eigenvalue weighted by Gasteiger charge is -2.24. The molecule has 0 bridgehead atoms. The number of hydrogen-bond acceptors (Lipinski definition) is 3. The second-order valence-corrected chi connectivity index (χ2v) is 6.08. The highest BCUT2D eigenvalue weighted by atomic mass is 16.5. The molecular formula is C18H30N4O. The second kappa shape index (κ2) is 9.38. The first-order chi connectivity index (χ1) is 11.3. The van der Waals surface area contributed by atoms with Gasteiger partial charge in [0.2, 0.25) is 0 Å². The summed E-state index contributed by atoms with van der Waals surface area (Å²) >= 11 is 0. The Hall–Kier alpha value is -1.78. The molecular weight excluding hydrogens is 288 g/mol. The van der Waals surface area contributed by atoms with Crippen LogP contribution in [0.3, 0.4) is 0 Å². The molecule has 1 aromatic rings. The maximum absolute atomic E-state index is 5.66. The summed E-state index contributed by atoms with van der Waals surface area (Å²) in [6.07, 6.45) is 7.31. The Bertz CT molecular complexity index is 473. The van der Waals surface area contributed by atoms with E-state index in [9.17, 15) is 0 Å². The number of nitrogens with one attached hydrogen (secondary N) is 1. The SMILES string of the molecule is CCC(CC)C1CCN(C(=NC)NCCOc2cccnc2)C1. The average Bonchev–Trinajstić information content (AvgIpc) is 3.07. The van der Waals surface area contributed by atoms with E-state index in [2.05, 4.69) is 34.0 Å². The molecule has 0 aliphatic carbocycles. The Balaban J connectivity index is 1.73. The van der Waals surface area contributed by atoms with Gasteiger partial charge in [-0.25, -0.2) is 0 Å². The molecule has 5 nitrogen and oxygen atoms in total. The van der Waals surface area contributed by atoms with Crippen molar-refractivity contribution in [1.82, 2.24) is 15.2 Å². The smallest absolute Gasteiger partial charge is 0.193 e. The first kappa shape index (κ1) is 17.6. The van der Waals surface area contributed by atoms with Crippen LogP contribution in [0.4, 0.5) is 0 Å². The third-order valence-electron chi connectivity index (χ3n) is 4.74. The summed E-state index contributed by atoms with van der Waals surface area (Å²) < 4.78 is 5.66. The van der Waals surface area contributed by atoms with Gasteiger partial charge in [-0.1, -0.05) is 26.7 Å². The van der Waals surface area contributed by atoms with Crippen molar-refractivity contribution in [3.8, 4) is 5.75 Å². The van der Waals surface area contributed by atoms with Crippen LogP contribution in [-0.4, -0.2) is 49.1 Å². The molecule has 128 valence electrons. The fourth-order valence-electron chi connectivity index (χ4n) is 3.42. The number of rotatable bonds is 7. The zero-order valence-corrected chi connectivity index (χ0v) is 14.7. The lowest BCUT2D eigenvalue weighted by atomic mass is 9.87. The van der Waals surface area contributed by atoms with Crippen LogP contribution in [0.2, 0.25) is 0 Å². The Labute approximate surface area is 140 Å². The molecule has 1 aliphatic heterocycles. The molecule has 1 aliphatic rings. The Kier molecular flexibility index (Phi) is 7.17. The van der Waals surface area contributed by atoms with E-state index in [1.165, 1.54) is 19.3 Å². The van der Waals surface area contributed by atoms with Gasteiger partial charge in [0.05, 0.1) is 12.7 Å². The summed E-state index contributed by atoms with van der Waals surface area (Å²) in [7, 11) is 1.86. The molecule has 1 unspecified atom stereocenters. The molecule has 0 aromatic carbocycles. The van der Waals surface area contributed by atoms with Crippen molar-refractivity contribution in [2.24, 2.45) is 16.8 Å². The van der Waals surface area contributed by atoms with Crippen LogP contribution >= 0.6 is 0 Å². The fourth-order valence-corrected chi connectivity index (χ4v) is 3.42. The summed E-state index contributed by atoms with van der Waals surface area (Å²) in [4.78, 5) is 10.8. The molecule has 5 heteroatoms. The topological polar surface area (TPSA) is 49.8 Å². The highest BCUT2D eigenvalue weighted by molar-refractivity contribution is 5.80. The molecule has 1 aromatic heterocycles. The predicted octanol–water partition coefficient (Wildman–Crippen LogP) is 2.79. The Morgan fingerprint density at radius 2 is 2.30 bits per heavy atom. The minimum atomic E-state index is 0.606. The van der Waals surface area contributed by atoms with Crippen molar-refractivity contribution in [3.63, 3.8) is 0 Å². The predicted molar refractivity (Wildman–Crippen MR) is 94.8 cm³/mol. The van der Waals surface area contributed by atoms with E-state index in [0.29, 0.717) is 6.61 Å². The number of pyridine rings is 1. The van der Waals surface area contributed by atoms with Crippen LogP contribution in [0.15, 0.2) is 29.5 Å². The van der Waals surface area contributed by atoms with Crippen molar-refractivity contribution in [2.75, 3.05) is 33.3 Å². The van der Waals surface area contributed by atoms with Crippen molar-refractivity contribution in [1.29, 1.82) is 0 Å². The molecule has 1 atom stereocenters. The van der Waals surface area contributed by atoms with E-state index in [0.717, 1.165) is 43.2 Å². The van der Waals surface area contributed by atoms with Crippen LogP contribution in [0.1, 0.15) is 33.1 Å². The van der Waals surface area contributed by atoms with Gasteiger partial charge in [-0.05, 0) is 30.4 Å². The number of nitrogens with zero attached hydrogens (tertiary/aromatic N) is 3. The fraction of sp³-hybridized carbons (Fsp3) is 0.667. The molecule has 0 radical (unpaired) electrons. The van der Waals surface area contributed by atoms with Crippen molar-refractivity contribution < 1.29 is 4.74 Å². The number of ether oxygens (including phenoxy) is 1. The molecule has 1 N–H and O–H groups in total. The largest absolute Gasteiger partial charge is 0.490 e. The first-order valence-corrected chi connectivity index (χ1v) is 8.76. The van der Waals surface area contributed by atoms with Gasteiger partial charge in [0, 0.05) is 26.3 Å². The number of guanidine groups is 1. The van der Waals surface area contributed by atoms with E-state index in [-0.39, 0.29) is 0 Å². The van der Waals surface area contributed by atoms with Gasteiger partial charge >= 0.3 is 0 Å². The van der Waals surface area contributed by atoms with Gasteiger partial charge in [-0.15, -0.1) is 0 Å². The summed E-state index contributed by atoms with van der Waals surface area (Å²) in [5.74, 6) is 3.44. The van der Waals surface area contributed by atoms with Crippen LogP contribution in [0.25, 0.3) is 0 Å². The molecule has 1 fully saturated rings. The molecule has 2 heterocycles. The van der Waals surface area contributed by atoms with Gasteiger partial charge in [-0.3, -0.25) is 9.98 Å². The van der Waals surface area contributed by atoms with Gasteiger partial charge in [-0.2, -0.15) is 0 Å². The molecule has 1 saturated heterocycles. The van der Waals surface area contributed by atoms with Crippen LogP contribution in [0.5, 0.6) is 5.75 Å². The zero-order chi connectivity index (χ0) is 16.5. The molecule has 0 saturated carbocycles. The summed E-state index contributed by atoms with van der Waals surface area (Å²) in [6, 6.07) is 3.80. The maximum atomic E-state index is 5.66. The molecule has 0 amide bonds. The maximum Gasteiger partial charge on any atom is 0.193 e. The number of aromatic nitrogens is 1. The molecule has 0 spiro atoms. The van der Waals surface area contributed by atoms with Gasteiger partial charge in [0.1, 0.15) is 12.4 Å². The summed E-state index contributed by atoms with van der Waals surface area (Å²) in [5, 5.41) is 3.41. The van der Waals surface area contributed by atoms with E-state index >= 15 is 0 Å². The van der Waals surface area contributed by atoms with E-state index in [4.69, 9.17) is 4.74 Å². The molecule has 23 heavy (non-hydrogen) atoms. The summed E-state index contributed by atoms with van der Waals surface area (Å²) in [6.45, 7) is 8.18. The minimum Gasteiger partial charge on any atom is -0.490 e. The van der Waals surface area contributed by atoms with E-state index in [1.54, 1.807) is 12.4 Å². The van der Waals surface area contributed by atoms with Crippen LogP contribution in [0, 0.1) is 11.8 Å². The quantitative estimate of drug-likeness (QED) is 0.477. The third kappa shape index (κ3) is 5.12. The van der Waals surface area contributed by atoms with Crippen molar-refractivity contribution in [2.45, 2.75) is 33.1 Å². The average molecular weight is 318 g/mol. The minimum absolute atomic E-state index is 0.606. The molecule has 2 rings (SSSR count). The van der Waals surface area contributed by atoms with Gasteiger partial charge in [0.15, 0.2) is 5.96 Å². The standard InChI is InChI=1S/C18H30N4O/c1-4-15(5-2)16-8-11-22(14-16)18(19-3)21-10-12-23-17-7-6-9-20-13-17/h6-7,9,13,15-16H,4-5,8,10-12,14H2,1-3H3,(H,19,21). The highest BCUT2D eigenvalue weighted by Gasteiger charge is 2.29. The normalized spacial score (nSPS) is 18.5. The number of hydrogen-bond donors (Lipinski definition) is 1. The van der Waals surface area contributed by atoms with Crippen LogP contribution in [-0.2, 0) is 0 Å². The van der Waals surface area contributed by atoms with Crippen LogP contribution < -0.4 is 10.1 Å². The zero-order valence-electron chi connectivity index (χ0n) is 14.7. The van der Waals surface area contributed by atoms with Gasteiger partial charge in [0.25, 0.3) is 0 Å². The van der Waals surface area contributed by atoms with E-state index in [1.807, 2.05) is 19.2 Å². The second-order valence-electron chi connectivity index (χ2n) is 6.08. The monoisotopic (exact) mass is 318 g/mol. The highest BCUT2D eigenvalue weighted by Crippen LogP contribution is 2.28. The lowest BCUT2D eigenvalue weighted by molar-refractivity contribution is 0.310. The third-order valence-corrected chi connectivity index (χ3v) is 4.74. The van der Waals surface area contributed by atoms with Gasteiger partial charge < -0.3 is 15.0 Å². The van der Waals surface area contributed by atoms with Crippen molar-refractivity contribution >= 4 is 5.96 Å². The first-order valence-electron chi connectivity index (χ1n) is 8.76. The number of aliphatic imine (C=N–C) groups is 1. The Morgan fingerprint density at radius 3 is 2.96 bits per heavy atom. The summed E-state index contributed by atoms with van der Waals surface area (Å²) in [5.41, 5.74) is 0. The Morgan fingerprint density at radius 1 is 1.48 bits per heavy atom. The van der Waals surface area contributed by atoms with Crippen molar-refractivity contribution in [3.05, 3.63) is 24.5 Å². The number of likely N-dealkylation sites (tertiary alicyclic amines) is 1.